The standard InChI is InChI=1S/C28H30FNO3/c1-30-11-10-27-22-17-8-9-20(29)24(22)33-25(27)28(31-2)18-13-26(27,21(30)12-17)14-19(28)23(18)32-15-16-6-4-3-5-7-16/h3-9,18-19,21,23,25H,10-15H2,1-2H3/t18-,19-,21-,23?,25-,26?,27+,28?/m1/s1. The van der Waals surface area contributed by atoms with E-state index in [0.29, 0.717) is 18.4 Å². The second-order valence-electron chi connectivity index (χ2n) is 11.4. The number of piperidine rings is 1. The molecule has 2 aliphatic heterocycles. The Kier molecular flexibility index (Phi) is 3.52. The fourth-order valence-corrected chi connectivity index (χ4v) is 9.81. The summed E-state index contributed by atoms with van der Waals surface area (Å²) in [5.74, 6) is 0.893. The second-order valence-corrected chi connectivity index (χ2v) is 11.4. The summed E-state index contributed by atoms with van der Waals surface area (Å²) in [6, 6.07) is 14.5. The number of likely N-dealkylation sites (tertiary alicyclic amines) is 1. The van der Waals surface area contributed by atoms with Gasteiger partial charge in [0, 0.05) is 41.4 Å². The van der Waals surface area contributed by atoms with Crippen molar-refractivity contribution in [2.45, 2.75) is 61.6 Å². The zero-order valence-corrected chi connectivity index (χ0v) is 19.2. The lowest BCUT2D eigenvalue weighted by Gasteiger charge is -2.81. The highest BCUT2D eigenvalue weighted by Crippen LogP contribution is 2.81. The lowest BCUT2D eigenvalue weighted by Crippen LogP contribution is -2.90. The van der Waals surface area contributed by atoms with Crippen LogP contribution in [0.25, 0.3) is 0 Å². The van der Waals surface area contributed by atoms with Gasteiger partial charge in [-0.1, -0.05) is 36.4 Å². The molecule has 6 aliphatic carbocycles. The van der Waals surface area contributed by atoms with Crippen LogP contribution < -0.4 is 4.74 Å². The molecule has 2 aromatic carbocycles. The molecule has 10 rings (SSSR count). The van der Waals surface area contributed by atoms with Crippen LogP contribution in [0.3, 0.4) is 0 Å². The third kappa shape index (κ3) is 1.88. The first-order valence-corrected chi connectivity index (χ1v) is 12.5. The normalized spacial score (nSPS) is 45.4. The topological polar surface area (TPSA) is 30.9 Å². The van der Waals surface area contributed by atoms with Crippen LogP contribution >= 0.6 is 0 Å². The molecule has 172 valence electrons. The van der Waals surface area contributed by atoms with Crippen molar-refractivity contribution in [2.24, 2.45) is 17.3 Å². The number of nitrogens with zero attached hydrogens (tertiary/aromatic N) is 1. The van der Waals surface area contributed by atoms with Crippen molar-refractivity contribution < 1.29 is 18.6 Å². The first kappa shape index (κ1) is 19.4. The van der Waals surface area contributed by atoms with Gasteiger partial charge in [-0.25, -0.2) is 4.39 Å². The van der Waals surface area contributed by atoms with E-state index >= 15 is 4.39 Å². The van der Waals surface area contributed by atoms with E-state index in [0.717, 1.165) is 32.2 Å². The SMILES string of the molecule is COC12[C@@H]3CC4(C[C@@H]1C3OCc1ccccc1)[C@H]1Cc3ccc(F)c5c3[C@@]4(CCN1C)[C@H]2O5. The molecule has 6 bridgehead atoms. The molecule has 5 heteroatoms. The minimum Gasteiger partial charge on any atom is -0.483 e. The van der Waals surface area contributed by atoms with Crippen molar-refractivity contribution in [3.8, 4) is 5.75 Å². The highest BCUT2D eigenvalue weighted by atomic mass is 19.1. The Morgan fingerprint density at radius 3 is 2.67 bits per heavy atom. The van der Waals surface area contributed by atoms with Crippen LogP contribution in [0.15, 0.2) is 42.5 Å². The molecule has 5 saturated carbocycles. The lowest BCUT2D eigenvalue weighted by atomic mass is 9.27. The summed E-state index contributed by atoms with van der Waals surface area (Å²) in [5.41, 5.74) is 3.28. The molecule has 2 aromatic rings. The number of likely N-dealkylation sites (N-methyl/N-ethyl adjacent to an activating group) is 1. The van der Waals surface area contributed by atoms with Gasteiger partial charge in [0.2, 0.25) is 0 Å². The number of benzene rings is 2. The van der Waals surface area contributed by atoms with Crippen LogP contribution in [0.2, 0.25) is 0 Å². The molecule has 0 unspecified atom stereocenters. The minimum atomic E-state index is -0.385. The Morgan fingerprint density at radius 2 is 1.91 bits per heavy atom. The smallest absolute Gasteiger partial charge is 0.165 e. The second kappa shape index (κ2) is 5.99. The Morgan fingerprint density at radius 1 is 1.12 bits per heavy atom. The van der Waals surface area contributed by atoms with Gasteiger partial charge in [0.15, 0.2) is 11.6 Å². The van der Waals surface area contributed by atoms with Crippen LogP contribution in [-0.2, 0) is 27.9 Å². The van der Waals surface area contributed by atoms with Crippen LogP contribution in [0, 0.1) is 23.1 Å². The van der Waals surface area contributed by atoms with Crippen molar-refractivity contribution in [3.05, 3.63) is 65.0 Å². The van der Waals surface area contributed by atoms with E-state index in [9.17, 15) is 0 Å². The summed E-state index contributed by atoms with van der Waals surface area (Å²) in [4.78, 5) is 2.58. The molecule has 0 amide bonds. The van der Waals surface area contributed by atoms with Gasteiger partial charge in [-0.2, -0.15) is 0 Å². The molecule has 33 heavy (non-hydrogen) atoms. The van der Waals surface area contributed by atoms with Gasteiger partial charge >= 0.3 is 0 Å². The molecule has 2 spiro atoms. The Hall–Kier alpha value is -1.95. The van der Waals surface area contributed by atoms with E-state index in [1.54, 1.807) is 6.07 Å². The van der Waals surface area contributed by atoms with Gasteiger partial charge in [0.1, 0.15) is 11.7 Å². The first-order valence-electron chi connectivity index (χ1n) is 12.5. The molecular formula is C28H30FNO3. The summed E-state index contributed by atoms with van der Waals surface area (Å²) < 4.78 is 34.9. The fourth-order valence-electron chi connectivity index (χ4n) is 9.81. The van der Waals surface area contributed by atoms with Gasteiger partial charge in [0.05, 0.1) is 12.7 Å². The third-order valence-corrected chi connectivity index (χ3v) is 10.8. The maximum atomic E-state index is 15.2. The number of halogens is 1. The van der Waals surface area contributed by atoms with E-state index < -0.39 is 0 Å². The molecule has 6 fully saturated rings. The van der Waals surface area contributed by atoms with E-state index in [1.807, 2.05) is 19.2 Å². The molecule has 0 radical (unpaired) electrons. The van der Waals surface area contributed by atoms with Crippen LogP contribution in [-0.4, -0.2) is 49.5 Å². The molecule has 0 N–H and O–H groups in total. The van der Waals surface area contributed by atoms with Gasteiger partial charge in [0.25, 0.3) is 0 Å². The molecular weight excluding hydrogens is 417 g/mol. The van der Waals surface area contributed by atoms with Crippen molar-refractivity contribution in [2.75, 3.05) is 20.7 Å². The van der Waals surface area contributed by atoms with Gasteiger partial charge in [-0.05, 0) is 56.5 Å². The largest absolute Gasteiger partial charge is 0.483 e. The van der Waals surface area contributed by atoms with Gasteiger partial charge in [-0.15, -0.1) is 0 Å². The molecule has 1 saturated heterocycles. The number of methoxy groups -OCH3 is 1. The van der Waals surface area contributed by atoms with Crippen molar-refractivity contribution in [3.63, 3.8) is 0 Å². The average Bonchev–Trinajstić information content (AvgIpc) is 3.20. The highest BCUT2D eigenvalue weighted by Gasteiger charge is 2.88. The molecule has 8 aliphatic rings. The summed E-state index contributed by atoms with van der Waals surface area (Å²) in [5, 5.41) is 0. The van der Waals surface area contributed by atoms with E-state index in [2.05, 4.69) is 36.2 Å². The van der Waals surface area contributed by atoms with E-state index in [1.165, 1.54) is 16.7 Å². The maximum absolute atomic E-state index is 15.2. The van der Waals surface area contributed by atoms with E-state index in [-0.39, 0.29) is 46.3 Å². The predicted octanol–water partition coefficient (Wildman–Crippen LogP) is 4.10. The molecule has 5 atom stereocenters. The predicted molar refractivity (Wildman–Crippen MR) is 121 cm³/mol. The average molecular weight is 448 g/mol. The van der Waals surface area contributed by atoms with Gasteiger partial charge in [-0.3, -0.25) is 0 Å². The van der Waals surface area contributed by atoms with E-state index in [4.69, 9.17) is 14.2 Å². The summed E-state index contributed by atoms with van der Waals surface area (Å²) >= 11 is 0. The fraction of sp³-hybridized carbons (Fsp3) is 0.571. The highest BCUT2D eigenvalue weighted by molar-refractivity contribution is 5.60. The minimum absolute atomic E-state index is 0.110. The maximum Gasteiger partial charge on any atom is 0.165 e. The first-order chi connectivity index (χ1) is 16.1. The summed E-state index contributed by atoms with van der Waals surface area (Å²) in [6.07, 6.45) is 4.24. The molecule has 2 heterocycles. The quantitative estimate of drug-likeness (QED) is 0.706. The Balaban J connectivity index is 1.26. The van der Waals surface area contributed by atoms with Crippen molar-refractivity contribution >= 4 is 0 Å². The van der Waals surface area contributed by atoms with Crippen LogP contribution in [0.1, 0.15) is 36.0 Å². The number of hydrogen-bond acceptors (Lipinski definition) is 4. The number of rotatable bonds is 4. The van der Waals surface area contributed by atoms with Crippen LogP contribution in [0.5, 0.6) is 5.75 Å². The molecule has 4 nitrogen and oxygen atoms in total. The van der Waals surface area contributed by atoms with Crippen molar-refractivity contribution in [1.82, 2.24) is 4.90 Å². The molecule has 0 aromatic heterocycles. The number of hydrogen-bond donors (Lipinski definition) is 0. The van der Waals surface area contributed by atoms with Crippen molar-refractivity contribution in [1.29, 1.82) is 0 Å². The van der Waals surface area contributed by atoms with Gasteiger partial charge < -0.3 is 19.1 Å². The Labute approximate surface area is 194 Å². The lowest BCUT2D eigenvalue weighted by molar-refractivity contribution is -0.390. The summed E-state index contributed by atoms with van der Waals surface area (Å²) in [7, 11) is 4.13. The zero-order valence-electron chi connectivity index (χ0n) is 19.2. The summed E-state index contributed by atoms with van der Waals surface area (Å²) in [6.45, 7) is 1.66. The van der Waals surface area contributed by atoms with Crippen LogP contribution in [0.4, 0.5) is 4.39 Å². The monoisotopic (exact) mass is 447 g/mol. The zero-order chi connectivity index (χ0) is 22.2. The number of ether oxygens (including phenoxy) is 3. The Bertz CT molecular complexity index is 1150. The third-order valence-electron chi connectivity index (χ3n) is 10.8.